The zero-order chi connectivity index (χ0) is 23.4. The van der Waals surface area contributed by atoms with Crippen molar-refractivity contribution in [1.82, 2.24) is 29.4 Å². The highest BCUT2D eigenvalue weighted by Gasteiger charge is 2.39. The highest BCUT2D eigenvalue weighted by molar-refractivity contribution is 7.90. The molecule has 2 heterocycles. The van der Waals surface area contributed by atoms with Crippen molar-refractivity contribution in [2.24, 2.45) is 0 Å². The van der Waals surface area contributed by atoms with Crippen molar-refractivity contribution >= 4 is 27.5 Å². The molecular formula is C20H23ClN6O5S. The number of halogens is 1. The third-order valence-electron chi connectivity index (χ3n) is 5.49. The molecule has 2 aliphatic rings. The fourth-order valence-electron chi connectivity index (χ4n) is 3.66. The average Bonchev–Trinajstić information content (AvgIpc) is 3.38. The molecule has 13 heteroatoms. The number of nitrogens with zero attached hydrogens (tertiary/aromatic N) is 6. The minimum Gasteiger partial charge on any atom is -0.500 e. The number of sulfonamides is 1. The minimum atomic E-state index is -3.68. The molecule has 1 atom stereocenters. The molecule has 1 aromatic heterocycles. The van der Waals surface area contributed by atoms with Gasteiger partial charge in [0, 0.05) is 37.6 Å². The molecule has 0 saturated carbocycles. The summed E-state index contributed by atoms with van der Waals surface area (Å²) in [6.07, 6.45) is 4.87. The van der Waals surface area contributed by atoms with Gasteiger partial charge in [0.25, 0.3) is 5.91 Å². The van der Waals surface area contributed by atoms with Crippen LogP contribution in [0.15, 0.2) is 53.5 Å². The summed E-state index contributed by atoms with van der Waals surface area (Å²) in [4.78, 5) is 14.2. The molecule has 11 nitrogen and oxygen atoms in total. The molecule has 1 aliphatic heterocycles. The standard InChI is InChI=1S/C20H23ClN6O5S/c1-31-18-7-2-15(21)12-19(18)33(29,30)26-10-8-25(9-11-26)20(28)13-32-17-5-3-16(4-6-17)27-14-22-23-24-27/h2-7,14,19H,8-13H2,1H3. The quantitative estimate of drug-likeness (QED) is 0.557. The molecule has 1 aromatic carbocycles. The molecule has 0 N–H and O–H groups in total. The first kappa shape index (κ1) is 23.2. The van der Waals surface area contributed by atoms with Gasteiger partial charge in [0.1, 0.15) is 23.1 Å². The van der Waals surface area contributed by atoms with Crippen LogP contribution in [0.1, 0.15) is 6.42 Å². The largest absolute Gasteiger partial charge is 0.500 e. The maximum Gasteiger partial charge on any atom is 0.260 e. The molecule has 176 valence electrons. The van der Waals surface area contributed by atoms with Crippen LogP contribution in [-0.2, 0) is 19.6 Å². The van der Waals surface area contributed by atoms with Crippen LogP contribution < -0.4 is 4.74 Å². The number of amides is 1. The number of aromatic nitrogens is 4. The Balaban J connectivity index is 1.29. The summed E-state index contributed by atoms with van der Waals surface area (Å²) in [5.41, 5.74) is 0.761. The number of rotatable bonds is 7. The number of benzene rings is 1. The van der Waals surface area contributed by atoms with E-state index in [0.29, 0.717) is 16.5 Å². The lowest BCUT2D eigenvalue weighted by Gasteiger charge is -2.36. The van der Waals surface area contributed by atoms with Gasteiger partial charge in [-0.15, -0.1) is 5.10 Å². The Labute approximate surface area is 196 Å². The van der Waals surface area contributed by atoms with Gasteiger partial charge >= 0.3 is 0 Å². The lowest BCUT2D eigenvalue weighted by atomic mass is 10.1. The van der Waals surface area contributed by atoms with Gasteiger partial charge in [-0.3, -0.25) is 4.79 Å². The summed E-state index contributed by atoms with van der Waals surface area (Å²) in [6.45, 7) is 0.813. The Morgan fingerprint density at radius 2 is 1.88 bits per heavy atom. The maximum absolute atomic E-state index is 13.1. The molecule has 1 unspecified atom stereocenters. The first-order valence-electron chi connectivity index (χ1n) is 10.2. The van der Waals surface area contributed by atoms with Crippen LogP contribution in [0.4, 0.5) is 0 Å². The topological polar surface area (TPSA) is 120 Å². The normalized spacial score (nSPS) is 19.6. The predicted molar refractivity (Wildman–Crippen MR) is 119 cm³/mol. The van der Waals surface area contributed by atoms with E-state index in [1.807, 2.05) is 0 Å². The molecule has 1 amide bonds. The van der Waals surface area contributed by atoms with Crippen molar-refractivity contribution in [2.75, 3.05) is 39.9 Å². The number of ether oxygens (including phenoxy) is 2. The lowest BCUT2D eigenvalue weighted by molar-refractivity contribution is -0.134. The van der Waals surface area contributed by atoms with E-state index in [2.05, 4.69) is 15.5 Å². The first-order chi connectivity index (χ1) is 15.9. The maximum atomic E-state index is 13.1. The molecule has 1 aliphatic carbocycles. The highest BCUT2D eigenvalue weighted by Crippen LogP contribution is 2.30. The molecule has 0 spiro atoms. The van der Waals surface area contributed by atoms with Gasteiger partial charge in [-0.2, -0.15) is 4.31 Å². The monoisotopic (exact) mass is 494 g/mol. The van der Waals surface area contributed by atoms with Crippen molar-refractivity contribution < 1.29 is 22.7 Å². The molecule has 0 bridgehead atoms. The van der Waals surface area contributed by atoms with Crippen molar-refractivity contribution in [3.05, 3.63) is 53.5 Å². The van der Waals surface area contributed by atoms with Gasteiger partial charge in [0.05, 0.1) is 12.8 Å². The Hall–Kier alpha value is -2.96. The first-order valence-corrected chi connectivity index (χ1v) is 12.1. The SMILES string of the molecule is COC1=CC=C(Cl)CC1S(=O)(=O)N1CCN(C(=O)COc2ccc(-n3cnnn3)cc2)CC1. The lowest BCUT2D eigenvalue weighted by Crippen LogP contribution is -2.53. The third kappa shape index (κ3) is 5.18. The van der Waals surface area contributed by atoms with E-state index in [1.165, 1.54) is 22.4 Å². The molecule has 0 radical (unpaired) electrons. The fraction of sp³-hybridized carbons (Fsp3) is 0.400. The molecule has 4 rings (SSSR count). The van der Waals surface area contributed by atoms with Gasteiger partial charge < -0.3 is 14.4 Å². The summed E-state index contributed by atoms with van der Waals surface area (Å²) in [6, 6.07) is 6.99. The average molecular weight is 495 g/mol. The van der Waals surface area contributed by atoms with Crippen LogP contribution in [0.25, 0.3) is 5.69 Å². The van der Waals surface area contributed by atoms with E-state index in [4.69, 9.17) is 21.1 Å². The molecule has 1 saturated heterocycles. The van der Waals surface area contributed by atoms with E-state index in [-0.39, 0.29) is 45.1 Å². The highest BCUT2D eigenvalue weighted by atomic mass is 35.5. The Bertz CT molecular complexity index is 1140. The second kappa shape index (κ2) is 9.89. The van der Waals surface area contributed by atoms with E-state index in [9.17, 15) is 13.2 Å². The third-order valence-corrected chi connectivity index (χ3v) is 7.97. The minimum absolute atomic E-state index is 0.142. The fourth-order valence-corrected chi connectivity index (χ4v) is 5.86. The summed E-state index contributed by atoms with van der Waals surface area (Å²) in [5, 5.41) is 10.6. The van der Waals surface area contributed by atoms with Gasteiger partial charge in [0.2, 0.25) is 10.0 Å². The Morgan fingerprint density at radius 3 is 2.52 bits per heavy atom. The predicted octanol–water partition coefficient (Wildman–Crippen LogP) is 0.940. The number of hydrogen-bond acceptors (Lipinski definition) is 8. The van der Waals surface area contributed by atoms with E-state index < -0.39 is 15.3 Å². The Kier molecular flexibility index (Phi) is 6.96. The number of piperazine rings is 1. The number of allylic oxidation sites excluding steroid dienone is 3. The van der Waals surface area contributed by atoms with Crippen LogP contribution in [0.5, 0.6) is 5.75 Å². The van der Waals surface area contributed by atoms with Crippen LogP contribution >= 0.6 is 11.6 Å². The zero-order valence-corrected chi connectivity index (χ0v) is 19.4. The van der Waals surface area contributed by atoms with Crippen molar-refractivity contribution in [3.8, 4) is 11.4 Å². The van der Waals surface area contributed by atoms with E-state index in [1.54, 1.807) is 41.3 Å². The van der Waals surface area contributed by atoms with E-state index in [0.717, 1.165) is 5.69 Å². The van der Waals surface area contributed by atoms with Crippen LogP contribution in [0, 0.1) is 0 Å². The summed E-state index contributed by atoms with van der Waals surface area (Å²) in [7, 11) is -2.24. The van der Waals surface area contributed by atoms with Gasteiger partial charge in [0.15, 0.2) is 6.61 Å². The molecule has 2 aromatic rings. The summed E-state index contributed by atoms with van der Waals surface area (Å²) in [5.74, 6) is 0.678. The second-order valence-corrected chi connectivity index (χ2v) is 10.0. The summed E-state index contributed by atoms with van der Waals surface area (Å²) >= 11 is 6.06. The zero-order valence-electron chi connectivity index (χ0n) is 17.9. The van der Waals surface area contributed by atoms with Crippen LogP contribution in [0.3, 0.4) is 0 Å². The molecular weight excluding hydrogens is 472 g/mol. The number of tetrazole rings is 1. The van der Waals surface area contributed by atoms with E-state index >= 15 is 0 Å². The van der Waals surface area contributed by atoms with Gasteiger partial charge in [-0.1, -0.05) is 11.6 Å². The number of hydrogen-bond donors (Lipinski definition) is 0. The van der Waals surface area contributed by atoms with Crippen LogP contribution in [0.2, 0.25) is 0 Å². The van der Waals surface area contributed by atoms with Gasteiger partial charge in [-0.25, -0.2) is 13.1 Å². The number of carbonyl (C=O) groups excluding carboxylic acids is 1. The van der Waals surface area contributed by atoms with Crippen LogP contribution in [-0.4, -0.2) is 88.9 Å². The smallest absolute Gasteiger partial charge is 0.260 e. The summed E-state index contributed by atoms with van der Waals surface area (Å²) < 4.78 is 40.0. The Morgan fingerprint density at radius 1 is 1.15 bits per heavy atom. The molecule has 33 heavy (non-hydrogen) atoms. The van der Waals surface area contributed by atoms with Crippen molar-refractivity contribution in [3.63, 3.8) is 0 Å². The van der Waals surface area contributed by atoms with Gasteiger partial charge in [-0.05, 0) is 46.8 Å². The second-order valence-electron chi connectivity index (χ2n) is 7.44. The van der Waals surface area contributed by atoms with Crippen molar-refractivity contribution in [2.45, 2.75) is 11.7 Å². The number of carbonyl (C=O) groups is 1. The number of methoxy groups -OCH3 is 1. The molecule has 1 fully saturated rings. The van der Waals surface area contributed by atoms with Crippen molar-refractivity contribution in [1.29, 1.82) is 0 Å².